The molecule has 0 saturated carbocycles. The molecule has 3 rings (SSSR count). The fraction of sp³-hybridized carbons (Fsp3) is 0. The van der Waals surface area contributed by atoms with Gasteiger partial charge in [-0.3, -0.25) is 15.1 Å². The number of hydrogen-bond acceptors (Lipinski definition) is 5. The molecule has 1 N–H and O–H groups in total. The first kappa shape index (κ1) is 12.9. The van der Waals surface area contributed by atoms with Gasteiger partial charge in [0.1, 0.15) is 17.0 Å². The Morgan fingerprint density at radius 1 is 1.10 bits per heavy atom. The number of aromatic hydroxyl groups is 1. The predicted octanol–water partition coefficient (Wildman–Crippen LogP) is 3.64. The molecule has 0 amide bonds. The molecule has 6 heteroatoms. The number of hydrogen-bond donors (Lipinski definition) is 1. The van der Waals surface area contributed by atoms with Gasteiger partial charge >= 0.3 is 0 Å². The van der Waals surface area contributed by atoms with E-state index < -0.39 is 4.92 Å². The van der Waals surface area contributed by atoms with Crippen LogP contribution in [0.25, 0.3) is 10.9 Å². The highest BCUT2D eigenvalue weighted by atomic mass is 16.6. The summed E-state index contributed by atoms with van der Waals surface area (Å²) in [5.41, 5.74) is 0.399. The van der Waals surface area contributed by atoms with Crippen LogP contribution in [-0.4, -0.2) is 15.0 Å². The van der Waals surface area contributed by atoms with Crippen LogP contribution >= 0.6 is 0 Å². The second kappa shape index (κ2) is 5.09. The number of pyridine rings is 1. The van der Waals surface area contributed by atoms with E-state index >= 15 is 0 Å². The second-order valence-corrected chi connectivity index (χ2v) is 4.34. The lowest BCUT2D eigenvalue weighted by Gasteiger charge is -2.08. The Morgan fingerprint density at radius 3 is 2.57 bits per heavy atom. The molecule has 0 bridgehead atoms. The third kappa shape index (κ3) is 2.46. The van der Waals surface area contributed by atoms with E-state index in [1.807, 2.05) is 0 Å². The van der Waals surface area contributed by atoms with Gasteiger partial charge < -0.3 is 9.84 Å². The molecule has 21 heavy (non-hydrogen) atoms. The van der Waals surface area contributed by atoms with E-state index in [0.29, 0.717) is 22.4 Å². The normalized spacial score (nSPS) is 10.5. The van der Waals surface area contributed by atoms with Crippen LogP contribution in [0.4, 0.5) is 5.69 Å². The van der Waals surface area contributed by atoms with E-state index in [9.17, 15) is 15.2 Å². The second-order valence-electron chi connectivity index (χ2n) is 4.34. The maximum atomic E-state index is 11.0. The highest BCUT2D eigenvalue weighted by Gasteiger charge is 2.16. The molecule has 2 aromatic carbocycles. The molecular formula is C15H10N2O4. The van der Waals surface area contributed by atoms with E-state index in [1.165, 1.54) is 24.3 Å². The van der Waals surface area contributed by atoms with E-state index in [2.05, 4.69) is 4.98 Å². The van der Waals surface area contributed by atoms with Crippen molar-refractivity contribution >= 4 is 16.6 Å². The summed E-state index contributed by atoms with van der Waals surface area (Å²) in [6.07, 6.45) is 1.55. The van der Waals surface area contributed by atoms with Gasteiger partial charge in [-0.1, -0.05) is 0 Å². The maximum Gasteiger partial charge on any atom is 0.279 e. The van der Waals surface area contributed by atoms with E-state index in [1.54, 1.807) is 30.5 Å². The molecule has 0 unspecified atom stereocenters. The van der Waals surface area contributed by atoms with Crippen molar-refractivity contribution in [1.29, 1.82) is 0 Å². The minimum atomic E-state index is -0.450. The molecule has 0 spiro atoms. The third-order valence-electron chi connectivity index (χ3n) is 2.97. The van der Waals surface area contributed by atoms with Crippen LogP contribution in [0.3, 0.4) is 0 Å². The average Bonchev–Trinajstić information content (AvgIpc) is 2.49. The van der Waals surface area contributed by atoms with Gasteiger partial charge in [-0.2, -0.15) is 0 Å². The standard InChI is InChI=1S/C15H10N2O4/c18-10-3-5-11(6-4-10)21-14-8-7-13(17(19)20)12-2-1-9-16-15(12)14/h1-9,18H. The first-order chi connectivity index (χ1) is 10.1. The molecule has 0 fully saturated rings. The van der Waals surface area contributed by atoms with Gasteiger partial charge in [-0.25, -0.2) is 0 Å². The minimum absolute atomic E-state index is 0.0174. The zero-order valence-corrected chi connectivity index (χ0v) is 10.8. The Labute approximate surface area is 119 Å². The quantitative estimate of drug-likeness (QED) is 0.585. The molecule has 1 heterocycles. The number of nitrogens with zero attached hydrogens (tertiary/aromatic N) is 2. The Hall–Kier alpha value is -3.15. The van der Waals surface area contributed by atoms with Crippen LogP contribution in [-0.2, 0) is 0 Å². The molecule has 104 valence electrons. The Morgan fingerprint density at radius 2 is 1.86 bits per heavy atom. The lowest BCUT2D eigenvalue weighted by molar-refractivity contribution is -0.383. The Bertz CT molecular complexity index is 816. The van der Waals surface area contributed by atoms with Crippen molar-refractivity contribution < 1.29 is 14.8 Å². The number of aromatic nitrogens is 1. The molecule has 0 atom stereocenters. The van der Waals surface area contributed by atoms with Crippen molar-refractivity contribution in [3.05, 3.63) is 64.8 Å². The van der Waals surface area contributed by atoms with Gasteiger partial charge in [0.25, 0.3) is 5.69 Å². The summed E-state index contributed by atoms with van der Waals surface area (Å²) in [6, 6.07) is 12.4. The minimum Gasteiger partial charge on any atom is -0.508 e. The summed E-state index contributed by atoms with van der Waals surface area (Å²) in [6.45, 7) is 0. The first-order valence-corrected chi connectivity index (χ1v) is 6.14. The predicted molar refractivity (Wildman–Crippen MR) is 76.6 cm³/mol. The van der Waals surface area contributed by atoms with Crippen molar-refractivity contribution in [2.24, 2.45) is 0 Å². The molecule has 3 aromatic rings. The van der Waals surface area contributed by atoms with Gasteiger partial charge in [0.05, 0.1) is 10.3 Å². The van der Waals surface area contributed by atoms with Crippen LogP contribution in [0.15, 0.2) is 54.7 Å². The van der Waals surface area contributed by atoms with Crippen molar-refractivity contribution in [2.45, 2.75) is 0 Å². The molecule has 1 aromatic heterocycles. The zero-order chi connectivity index (χ0) is 14.8. The molecule has 0 aliphatic carbocycles. The van der Waals surface area contributed by atoms with Gasteiger partial charge in [-0.15, -0.1) is 0 Å². The number of benzene rings is 2. The Balaban J connectivity index is 2.09. The van der Waals surface area contributed by atoms with Crippen LogP contribution in [0, 0.1) is 10.1 Å². The fourth-order valence-corrected chi connectivity index (χ4v) is 2.01. The third-order valence-corrected chi connectivity index (χ3v) is 2.97. The molecule has 0 aliphatic heterocycles. The smallest absolute Gasteiger partial charge is 0.279 e. The largest absolute Gasteiger partial charge is 0.508 e. The summed E-state index contributed by atoms with van der Waals surface area (Å²) < 4.78 is 5.69. The first-order valence-electron chi connectivity index (χ1n) is 6.14. The molecule has 0 radical (unpaired) electrons. The van der Waals surface area contributed by atoms with E-state index in [0.717, 1.165) is 0 Å². The SMILES string of the molecule is O=[N+]([O-])c1ccc(Oc2ccc(O)cc2)c2ncccc12. The van der Waals surface area contributed by atoms with Crippen molar-refractivity contribution in [1.82, 2.24) is 4.98 Å². The van der Waals surface area contributed by atoms with Gasteiger partial charge in [0, 0.05) is 12.3 Å². The summed E-state index contributed by atoms with van der Waals surface area (Å²) in [5.74, 6) is 1.06. The van der Waals surface area contributed by atoms with Crippen molar-refractivity contribution in [3.8, 4) is 17.2 Å². The molecular weight excluding hydrogens is 272 g/mol. The molecule has 0 saturated heterocycles. The summed E-state index contributed by atoms with van der Waals surface area (Å²) in [5, 5.41) is 20.7. The van der Waals surface area contributed by atoms with Crippen molar-refractivity contribution in [2.75, 3.05) is 0 Å². The number of nitro groups is 1. The molecule has 0 aliphatic rings. The number of ether oxygens (including phenoxy) is 1. The highest BCUT2D eigenvalue weighted by Crippen LogP contribution is 2.34. The van der Waals surface area contributed by atoms with E-state index in [-0.39, 0.29) is 11.4 Å². The van der Waals surface area contributed by atoms with Crippen LogP contribution in [0.1, 0.15) is 0 Å². The van der Waals surface area contributed by atoms with Crippen LogP contribution in [0.5, 0.6) is 17.2 Å². The number of phenols is 1. The van der Waals surface area contributed by atoms with Crippen molar-refractivity contribution in [3.63, 3.8) is 0 Å². The lowest BCUT2D eigenvalue weighted by atomic mass is 10.1. The number of fused-ring (bicyclic) bond motifs is 1. The summed E-state index contributed by atoms with van der Waals surface area (Å²) in [7, 11) is 0. The number of non-ortho nitro benzene ring substituents is 1. The van der Waals surface area contributed by atoms with Gasteiger partial charge in [0.2, 0.25) is 0 Å². The lowest BCUT2D eigenvalue weighted by Crippen LogP contribution is -1.93. The average molecular weight is 282 g/mol. The van der Waals surface area contributed by atoms with Gasteiger partial charge in [-0.05, 0) is 42.5 Å². The Kier molecular flexibility index (Phi) is 3.12. The van der Waals surface area contributed by atoms with Crippen LogP contribution in [0.2, 0.25) is 0 Å². The number of rotatable bonds is 3. The van der Waals surface area contributed by atoms with Gasteiger partial charge in [0.15, 0.2) is 5.75 Å². The maximum absolute atomic E-state index is 11.0. The fourth-order valence-electron chi connectivity index (χ4n) is 2.01. The number of phenolic OH excluding ortho intramolecular Hbond substituents is 1. The summed E-state index contributed by atoms with van der Waals surface area (Å²) in [4.78, 5) is 14.7. The monoisotopic (exact) mass is 282 g/mol. The van der Waals surface area contributed by atoms with E-state index in [4.69, 9.17) is 4.74 Å². The number of nitro benzene ring substituents is 1. The highest BCUT2D eigenvalue weighted by molar-refractivity contribution is 5.92. The molecule has 6 nitrogen and oxygen atoms in total. The van der Waals surface area contributed by atoms with Crippen LogP contribution < -0.4 is 4.74 Å². The zero-order valence-electron chi connectivity index (χ0n) is 10.8. The summed E-state index contributed by atoms with van der Waals surface area (Å²) >= 11 is 0. The topological polar surface area (TPSA) is 85.5 Å².